The van der Waals surface area contributed by atoms with Crippen LogP contribution < -0.4 is 10.1 Å². The molecule has 1 aromatic rings. The molecular weight excluding hydrogens is 462 g/mol. The second-order valence-corrected chi connectivity index (χ2v) is 5.76. The van der Waals surface area contributed by atoms with Gasteiger partial charge in [0, 0.05) is 44.8 Å². The van der Waals surface area contributed by atoms with Crippen LogP contribution in [0, 0.1) is 11.7 Å². The van der Waals surface area contributed by atoms with Gasteiger partial charge in [-0.15, -0.1) is 24.0 Å². The van der Waals surface area contributed by atoms with Crippen molar-refractivity contribution in [1.82, 2.24) is 10.2 Å². The Bertz CT molecular complexity index is 590. The van der Waals surface area contributed by atoms with Crippen LogP contribution in [0.2, 0.25) is 0 Å². The number of aliphatic imine (C=N–C) groups is 1. The van der Waals surface area contributed by atoms with Gasteiger partial charge in [0.2, 0.25) is 0 Å². The van der Waals surface area contributed by atoms with Crippen molar-refractivity contribution >= 4 is 29.9 Å². The summed E-state index contributed by atoms with van der Waals surface area (Å²) in [6.45, 7) is 1.95. The monoisotopic (exact) mass is 487 g/mol. The minimum absolute atomic E-state index is 0. The van der Waals surface area contributed by atoms with E-state index in [1.54, 1.807) is 7.05 Å². The van der Waals surface area contributed by atoms with Crippen molar-refractivity contribution in [3.8, 4) is 5.75 Å². The Kier molecular flexibility index (Phi) is 10.1. The van der Waals surface area contributed by atoms with Gasteiger partial charge in [-0.05, 0) is 25.5 Å². The fourth-order valence-corrected chi connectivity index (χ4v) is 2.86. The van der Waals surface area contributed by atoms with E-state index in [-0.39, 0.29) is 41.8 Å². The Morgan fingerprint density at radius 2 is 2.19 bits per heavy atom. The molecule has 26 heavy (non-hydrogen) atoms. The second-order valence-electron chi connectivity index (χ2n) is 5.76. The number of benzene rings is 1. The smallest absolute Gasteiger partial charge is 0.387 e. The first-order chi connectivity index (χ1) is 12.0. The third-order valence-corrected chi connectivity index (χ3v) is 4.07. The minimum Gasteiger partial charge on any atom is -0.434 e. The molecule has 0 radical (unpaired) electrons. The summed E-state index contributed by atoms with van der Waals surface area (Å²) in [6, 6.07) is 3.87. The number of halogens is 4. The van der Waals surface area contributed by atoms with E-state index in [2.05, 4.69) is 19.9 Å². The van der Waals surface area contributed by atoms with E-state index in [0.717, 1.165) is 19.5 Å². The van der Waals surface area contributed by atoms with E-state index in [0.29, 0.717) is 25.1 Å². The molecule has 0 bridgehead atoms. The summed E-state index contributed by atoms with van der Waals surface area (Å²) in [6.07, 6.45) is 0.986. The molecule has 1 unspecified atom stereocenters. The van der Waals surface area contributed by atoms with E-state index >= 15 is 0 Å². The second kappa shape index (κ2) is 11.5. The fraction of sp³-hybridized carbons (Fsp3) is 0.588. The summed E-state index contributed by atoms with van der Waals surface area (Å²) in [5.41, 5.74) is 0.0500. The van der Waals surface area contributed by atoms with Gasteiger partial charge in [-0.1, -0.05) is 6.07 Å². The van der Waals surface area contributed by atoms with E-state index in [1.165, 1.54) is 18.2 Å². The number of rotatable bonds is 7. The van der Waals surface area contributed by atoms with E-state index in [9.17, 15) is 13.2 Å². The lowest BCUT2D eigenvalue weighted by atomic mass is 10.1. The lowest BCUT2D eigenvalue weighted by Crippen LogP contribution is -2.40. The number of hydrogen-bond donors (Lipinski definition) is 1. The van der Waals surface area contributed by atoms with Gasteiger partial charge in [-0.2, -0.15) is 8.78 Å². The van der Waals surface area contributed by atoms with Crippen LogP contribution in [0.15, 0.2) is 23.2 Å². The van der Waals surface area contributed by atoms with E-state index in [1.807, 2.05) is 6.92 Å². The summed E-state index contributed by atoms with van der Waals surface area (Å²) in [5, 5.41) is 3.03. The zero-order chi connectivity index (χ0) is 18.2. The molecule has 1 saturated heterocycles. The van der Waals surface area contributed by atoms with Crippen molar-refractivity contribution in [2.24, 2.45) is 10.9 Å². The largest absolute Gasteiger partial charge is 0.434 e. The van der Waals surface area contributed by atoms with Crippen LogP contribution in [0.4, 0.5) is 13.2 Å². The summed E-state index contributed by atoms with van der Waals surface area (Å²) < 4.78 is 48.8. The third-order valence-electron chi connectivity index (χ3n) is 4.07. The Hall–Kier alpha value is -1.23. The lowest BCUT2D eigenvalue weighted by molar-refractivity contribution is -0.0506. The van der Waals surface area contributed by atoms with Gasteiger partial charge in [0.15, 0.2) is 5.96 Å². The first-order valence-electron chi connectivity index (χ1n) is 8.30. The molecule has 0 spiro atoms. The van der Waals surface area contributed by atoms with Crippen LogP contribution in [-0.4, -0.2) is 50.8 Å². The van der Waals surface area contributed by atoms with Gasteiger partial charge >= 0.3 is 6.61 Å². The predicted molar refractivity (Wildman–Crippen MR) is 105 cm³/mol. The Morgan fingerprint density at radius 1 is 1.42 bits per heavy atom. The summed E-state index contributed by atoms with van der Waals surface area (Å²) in [7, 11) is 1.64. The molecule has 1 aliphatic heterocycles. The Balaban J connectivity index is 0.00000338. The number of nitrogens with one attached hydrogen (secondary N) is 1. The molecule has 0 amide bonds. The van der Waals surface area contributed by atoms with Crippen molar-refractivity contribution in [2.45, 2.75) is 26.5 Å². The number of guanidine groups is 1. The molecule has 1 heterocycles. The molecule has 9 heteroatoms. The summed E-state index contributed by atoms with van der Waals surface area (Å²) in [4.78, 5) is 6.25. The summed E-state index contributed by atoms with van der Waals surface area (Å²) in [5.74, 6) is 0.250. The van der Waals surface area contributed by atoms with E-state index < -0.39 is 12.4 Å². The molecule has 1 atom stereocenters. The SMILES string of the molecule is CCOCC1CCN(C(=NC)NCc2c(F)cccc2OC(F)F)C1.I. The highest BCUT2D eigenvalue weighted by atomic mass is 127. The van der Waals surface area contributed by atoms with Crippen LogP contribution in [0.1, 0.15) is 18.9 Å². The zero-order valence-corrected chi connectivity index (χ0v) is 17.2. The van der Waals surface area contributed by atoms with Gasteiger partial charge < -0.3 is 19.7 Å². The molecule has 1 N–H and O–H groups in total. The van der Waals surface area contributed by atoms with Crippen LogP contribution in [0.3, 0.4) is 0 Å². The first-order valence-corrected chi connectivity index (χ1v) is 8.30. The molecule has 2 rings (SSSR count). The number of hydrogen-bond acceptors (Lipinski definition) is 3. The first kappa shape index (κ1) is 22.8. The quantitative estimate of drug-likeness (QED) is 0.364. The fourth-order valence-electron chi connectivity index (χ4n) is 2.86. The average molecular weight is 487 g/mol. The van der Waals surface area contributed by atoms with E-state index in [4.69, 9.17) is 4.74 Å². The van der Waals surface area contributed by atoms with Crippen molar-refractivity contribution < 1.29 is 22.6 Å². The zero-order valence-electron chi connectivity index (χ0n) is 14.9. The highest BCUT2D eigenvalue weighted by Gasteiger charge is 2.25. The molecular formula is C17H25F3IN3O2. The molecule has 0 aliphatic carbocycles. The maximum absolute atomic E-state index is 14.0. The van der Waals surface area contributed by atoms with Gasteiger partial charge in [-0.3, -0.25) is 4.99 Å². The highest BCUT2D eigenvalue weighted by Crippen LogP contribution is 2.23. The maximum atomic E-state index is 14.0. The van der Waals surface area contributed by atoms with Crippen LogP contribution >= 0.6 is 24.0 Å². The van der Waals surface area contributed by atoms with Crippen molar-refractivity contribution in [3.63, 3.8) is 0 Å². The standard InChI is InChI=1S/C17H24F3N3O2.HI/c1-3-24-11-12-7-8-23(10-12)17(21-2)22-9-13-14(18)5-4-6-15(13)25-16(19)20;/h4-6,12,16H,3,7-11H2,1-2H3,(H,21,22);1H. The van der Waals surface area contributed by atoms with Crippen molar-refractivity contribution in [2.75, 3.05) is 33.4 Å². The predicted octanol–water partition coefficient (Wildman–Crippen LogP) is 3.48. The lowest BCUT2D eigenvalue weighted by Gasteiger charge is -2.22. The van der Waals surface area contributed by atoms with Gasteiger partial charge in [0.05, 0.1) is 6.61 Å². The number of likely N-dealkylation sites (tertiary alicyclic amines) is 1. The molecule has 1 fully saturated rings. The molecule has 148 valence electrons. The van der Waals surface area contributed by atoms with Gasteiger partial charge in [-0.25, -0.2) is 4.39 Å². The number of nitrogens with zero attached hydrogens (tertiary/aromatic N) is 2. The molecule has 0 saturated carbocycles. The highest BCUT2D eigenvalue weighted by molar-refractivity contribution is 14.0. The van der Waals surface area contributed by atoms with Crippen LogP contribution in [0.5, 0.6) is 5.75 Å². The average Bonchev–Trinajstić information content (AvgIpc) is 3.04. The Labute approximate surface area is 169 Å². The van der Waals surface area contributed by atoms with Gasteiger partial charge in [0.25, 0.3) is 0 Å². The normalized spacial score (nSPS) is 17.4. The molecule has 1 aromatic carbocycles. The summed E-state index contributed by atoms with van der Waals surface area (Å²) >= 11 is 0. The van der Waals surface area contributed by atoms with Crippen LogP contribution in [0.25, 0.3) is 0 Å². The molecule has 5 nitrogen and oxygen atoms in total. The number of ether oxygens (including phenoxy) is 2. The molecule has 0 aromatic heterocycles. The minimum atomic E-state index is -3.00. The number of alkyl halides is 2. The maximum Gasteiger partial charge on any atom is 0.387 e. The van der Waals surface area contributed by atoms with Crippen molar-refractivity contribution in [1.29, 1.82) is 0 Å². The molecule has 1 aliphatic rings. The van der Waals surface area contributed by atoms with Crippen molar-refractivity contribution in [3.05, 3.63) is 29.6 Å². The Morgan fingerprint density at radius 3 is 2.85 bits per heavy atom. The van der Waals surface area contributed by atoms with Crippen LogP contribution in [-0.2, 0) is 11.3 Å². The third kappa shape index (κ3) is 6.49. The topological polar surface area (TPSA) is 46.1 Å². The van der Waals surface area contributed by atoms with Gasteiger partial charge in [0.1, 0.15) is 11.6 Å².